The number of amides is 1. The summed E-state index contributed by atoms with van der Waals surface area (Å²) in [6, 6.07) is 0. The zero-order valence-corrected chi connectivity index (χ0v) is 14.6. The third kappa shape index (κ3) is 8.07. The van der Waals surface area contributed by atoms with Gasteiger partial charge in [-0.2, -0.15) is 0 Å². The lowest BCUT2D eigenvalue weighted by atomic mass is 9.88. The highest BCUT2D eigenvalue weighted by atomic mass is 35.5. The number of carbonyl (C=O) groups is 1. The zero-order chi connectivity index (χ0) is 15.1. The van der Waals surface area contributed by atoms with Gasteiger partial charge in [0, 0.05) is 6.54 Å². The monoisotopic (exact) mass is 328 g/mol. The van der Waals surface area contributed by atoms with Crippen molar-refractivity contribution in [1.29, 1.82) is 0 Å². The zero-order valence-electron chi connectivity index (χ0n) is 12.9. The number of halogens is 1. The summed E-state index contributed by atoms with van der Waals surface area (Å²) in [5, 5.41) is 2.75. The Morgan fingerprint density at radius 2 is 1.85 bits per heavy atom. The number of sulfone groups is 1. The fraction of sp³-hybridized carbons (Fsp3) is 0.923. The third-order valence-electron chi connectivity index (χ3n) is 3.53. The summed E-state index contributed by atoms with van der Waals surface area (Å²) >= 11 is 0. The van der Waals surface area contributed by atoms with Crippen LogP contribution in [0.2, 0.25) is 0 Å². The molecule has 20 heavy (non-hydrogen) atoms. The minimum atomic E-state index is -3.31. The van der Waals surface area contributed by atoms with Gasteiger partial charge in [0.05, 0.1) is 11.3 Å². The quantitative estimate of drug-likeness (QED) is 0.628. The molecule has 1 amide bonds. The van der Waals surface area contributed by atoms with Gasteiger partial charge >= 0.3 is 0 Å². The molecule has 0 aromatic rings. The van der Waals surface area contributed by atoms with Gasteiger partial charge in [-0.1, -0.05) is 33.6 Å². The number of unbranched alkanes of at least 4 members (excludes halogenated alkanes) is 2. The van der Waals surface area contributed by atoms with Crippen LogP contribution in [0.5, 0.6) is 0 Å². The van der Waals surface area contributed by atoms with Crippen molar-refractivity contribution in [2.45, 2.75) is 52.5 Å². The van der Waals surface area contributed by atoms with E-state index in [0.717, 1.165) is 12.8 Å². The number of carbonyl (C=O) groups excluding carboxylic acids is 1. The SMILES string of the molecule is CCCCCS(=O)(=O)CC(=O)NC(C)(CN)C(C)C.Cl. The van der Waals surface area contributed by atoms with Crippen LogP contribution in [0.25, 0.3) is 0 Å². The average Bonchev–Trinajstić information content (AvgIpc) is 2.27. The second-order valence-corrected chi connectivity index (χ2v) is 7.81. The molecule has 0 radical (unpaired) electrons. The first kappa shape index (κ1) is 22.0. The molecule has 0 saturated carbocycles. The largest absolute Gasteiger partial charge is 0.349 e. The molecule has 0 fully saturated rings. The van der Waals surface area contributed by atoms with Crippen LogP contribution in [0.4, 0.5) is 0 Å². The van der Waals surface area contributed by atoms with Gasteiger partial charge in [0.2, 0.25) is 5.91 Å². The number of hydrogen-bond donors (Lipinski definition) is 2. The Bertz CT molecular complexity index is 385. The van der Waals surface area contributed by atoms with Crippen LogP contribution in [0.3, 0.4) is 0 Å². The molecule has 1 unspecified atom stereocenters. The van der Waals surface area contributed by atoms with Gasteiger partial charge in [-0.3, -0.25) is 4.79 Å². The topological polar surface area (TPSA) is 89.3 Å². The molecular weight excluding hydrogens is 300 g/mol. The maximum atomic E-state index is 11.8. The van der Waals surface area contributed by atoms with Crippen molar-refractivity contribution in [1.82, 2.24) is 5.32 Å². The Kier molecular flexibility index (Phi) is 10.5. The van der Waals surface area contributed by atoms with Crippen molar-refractivity contribution < 1.29 is 13.2 Å². The molecule has 122 valence electrons. The molecule has 0 spiro atoms. The van der Waals surface area contributed by atoms with Crippen LogP contribution in [-0.4, -0.2) is 37.9 Å². The van der Waals surface area contributed by atoms with E-state index >= 15 is 0 Å². The fourth-order valence-electron chi connectivity index (χ4n) is 1.63. The van der Waals surface area contributed by atoms with Gasteiger partial charge in [0.25, 0.3) is 0 Å². The van der Waals surface area contributed by atoms with Crippen LogP contribution in [0.1, 0.15) is 47.0 Å². The maximum Gasteiger partial charge on any atom is 0.235 e. The predicted octanol–water partition coefficient (Wildman–Crippen LogP) is 1.50. The molecule has 5 nitrogen and oxygen atoms in total. The van der Waals surface area contributed by atoms with Gasteiger partial charge < -0.3 is 11.1 Å². The van der Waals surface area contributed by atoms with Gasteiger partial charge in [-0.15, -0.1) is 12.4 Å². The molecule has 0 aromatic carbocycles. The normalized spacial score (nSPS) is 14.5. The van der Waals surface area contributed by atoms with Gasteiger partial charge in [-0.25, -0.2) is 8.42 Å². The van der Waals surface area contributed by atoms with Gasteiger partial charge in [-0.05, 0) is 19.3 Å². The first-order valence-corrected chi connectivity index (χ1v) is 8.70. The Morgan fingerprint density at radius 1 is 1.30 bits per heavy atom. The van der Waals surface area contributed by atoms with Crippen LogP contribution in [-0.2, 0) is 14.6 Å². The van der Waals surface area contributed by atoms with E-state index in [-0.39, 0.29) is 30.6 Å². The van der Waals surface area contributed by atoms with E-state index in [0.29, 0.717) is 6.42 Å². The summed E-state index contributed by atoms with van der Waals surface area (Å²) in [4.78, 5) is 11.8. The van der Waals surface area contributed by atoms with Crippen molar-refractivity contribution in [3.63, 3.8) is 0 Å². The molecule has 0 aliphatic carbocycles. The summed E-state index contributed by atoms with van der Waals surface area (Å²) in [6.07, 6.45) is 2.44. The third-order valence-corrected chi connectivity index (χ3v) is 5.15. The highest BCUT2D eigenvalue weighted by Gasteiger charge is 2.29. The summed E-state index contributed by atoms with van der Waals surface area (Å²) in [5.41, 5.74) is 5.09. The van der Waals surface area contributed by atoms with E-state index in [9.17, 15) is 13.2 Å². The standard InChI is InChI=1S/C13H28N2O3S.ClH/c1-5-6-7-8-19(17,18)9-12(16)15-13(4,10-14)11(2)3;/h11H,5-10,14H2,1-4H3,(H,15,16);1H. The molecule has 0 aliphatic rings. The number of nitrogens with one attached hydrogen (secondary N) is 1. The predicted molar refractivity (Wildman–Crippen MR) is 85.9 cm³/mol. The summed E-state index contributed by atoms with van der Waals surface area (Å²) in [7, 11) is -3.31. The van der Waals surface area contributed by atoms with Gasteiger partial charge in [0.1, 0.15) is 5.75 Å². The van der Waals surface area contributed by atoms with E-state index < -0.39 is 27.0 Å². The van der Waals surface area contributed by atoms with Crippen LogP contribution < -0.4 is 11.1 Å². The summed E-state index contributed by atoms with van der Waals surface area (Å²) in [6.45, 7) is 8.02. The van der Waals surface area contributed by atoms with Crippen molar-refractivity contribution in [3.05, 3.63) is 0 Å². The number of nitrogens with two attached hydrogens (primary N) is 1. The second-order valence-electron chi connectivity index (χ2n) is 5.62. The minimum Gasteiger partial charge on any atom is -0.349 e. The molecular formula is C13H29ClN2O3S. The number of rotatable bonds is 9. The lowest BCUT2D eigenvalue weighted by Gasteiger charge is -2.33. The van der Waals surface area contributed by atoms with Crippen LogP contribution >= 0.6 is 12.4 Å². The Balaban J connectivity index is 0. The first-order chi connectivity index (χ1) is 8.67. The Labute approximate surface area is 129 Å². The number of hydrogen-bond acceptors (Lipinski definition) is 4. The highest BCUT2D eigenvalue weighted by molar-refractivity contribution is 7.92. The van der Waals surface area contributed by atoms with Crippen LogP contribution in [0.15, 0.2) is 0 Å². The maximum absolute atomic E-state index is 11.8. The average molecular weight is 329 g/mol. The molecule has 7 heteroatoms. The van der Waals surface area contributed by atoms with Crippen molar-refractivity contribution >= 4 is 28.2 Å². The lowest BCUT2D eigenvalue weighted by molar-refractivity contribution is -0.120. The van der Waals surface area contributed by atoms with Crippen molar-refractivity contribution in [2.24, 2.45) is 11.7 Å². The molecule has 0 rings (SSSR count). The van der Waals surface area contributed by atoms with Crippen molar-refractivity contribution in [2.75, 3.05) is 18.1 Å². The summed E-state index contributed by atoms with van der Waals surface area (Å²) < 4.78 is 23.5. The van der Waals surface area contributed by atoms with Crippen molar-refractivity contribution in [3.8, 4) is 0 Å². The first-order valence-electron chi connectivity index (χ1n) is 6.88. The van der Waals surface area contributed by atoms with E-state index in [1.54, 1.807) is 0 Å². The fourth-order valence-corrected chi connectivity index (χ4v) is 2.89. The molecule has 0 aromatic heterocycles. The summed E-state index contributed by atoms with van der Waals surface area (Å²) in [5.74, 6) is -0.684. The lowest BCUT2D eigenvalue weighted by Crippen LogP contribution is -2.56. The molecule has 0 saturated heterocycles. The minimum absolute atomic E-state index is 0. The second kappa shape index (κ2) is 9.58. The van der Waals surface area contributed by atoms with E-state index in [1.165, 1.54) is 0 Å². The molecule has 0 bridgehead atoms. The van der Waals surface area contributed by atoms with E-state index in [4.69, 9.17) is 5.73 Å². The Morgan fingerprint density at radius 3 is 2.25 bits per heavy atom. The van der Waals surface area contributed by atoms with Gasteiger partial charge in [0.15, 0.2) is 9.84 Å². The highest BCUT2D eigenvalue weighted by Crippen LogP contribution is 2.14. The molecule has 0 aliphatic heterocycles. The van der Waals surface area contributed by atoms with Crippen LogP contribution in [0, 0.1) is 5.92 Å². The van der Waals surface area contributed by atoms with E-state index in [2.05, 4.69) is 5.32 Å². The molecule has 3 N–H and O–H groups in total. The molecule has 0 heterocycles. The Hall–Kier alpha value is -0.330. The molecule has 1 atom stereocenters. The van der Waals surface area contributed by atoms with E-state index in [1.807, 2.05) is 27.7 Å². The smallest absolute Gasteiger partial charge is 0.235 e.